The molecule has 0 aliphatic heterocycles. The highest BCUT2D eigenvalue weighted by Gasteiger charge is 2.11. The van der Waals surface area contributed by atoms with Crippen molar-refractivity contribution in [2.45, 2.75) is 17.6 Å². The zero-order valence-corrected chi connectivity index (χ0v) is 13.5. The van der Waals surface area contributed by atoms with Crippen molar-refractivity contribution in [1.29, 1.82) is 0 Å². The number of nitrogens with two attached hydrogens (primary N) is 1. The summed E-state index contributed by atoms with van der Waals surface area (Å²) in [6.07, 6.45) is 0.723. The molecule has 0 spiro atoms. The summed E-state index contributed by atoms with van der Waals surface area (Å²) in [4.78, 5) is 1.07. The molecule has 0 bridgehead atoms. The zero-order valence-electron chi connectivity index (χ0n) is 11.0. The highest BCUT2D eigenvalue weighted by atomic mass is 32.8. The Kier molecular flexibility index (Phi) is 7.37. The molecule has 0 aromatic carbocycles. The van der Waals surface area contributed by atoms with Crippen LogP contribution in [0.1, 0.15) is 10.4 Å². The van der Waals surface area contributed by atoms with Gasteiger partial charge in [0.05, 0.1) is 19.8 Å². The number of methoxy groups -OCH3 is 1. The molecule has 0 aliphatic carbocycles. The van der Waals surface area contributed by atoms with Gasteiger partial charge in [-0.25, -0.2) is 9.35 Å². The predicted molar refractivity (Wildman–Crippen MR) is 79.4 cm³/mol. The van der Waals surface area contributed by atoms with Gasteiger partial charge in [0.1, 0.15) is 19.7 Å². The number of hydrogen-bond acceptors (Lipinski definition) is 6. The lowest BCUT2D eigenvalue weighted by atomic mass is 10.2. The standard InChI is InChI=1S/C11H19NO4S3/c1-9-10(7-11(18-9)19(12,13)17)3-4-15-8-16-6-5-14-2/h7H,3-6,8H2,1-2H3,(H2,12,13,17). The Labute approximate surface area is 122 Å². The number of rotatable bonds is 9. The number of ether oxygens (including phenoxy) is 3. The van der Waals surface area contributed by atoms with E-state index in [1.54, 1.807) is 7.11 Å². The summed E-state index contributed by atoms with van der Waals surface area (Å²) in [6, 6.07) is 1.81. The second-order valence-electron chi connectivity index (χ2n) is 3.87. The van der Waals surface area contributed by atoms with Crippen LogP contribution < -0.4 is 5.14 Å². The first-order chi connectivity index (χ1) is 8.95. The van der Waals surface area contributed by atoms with Crippen molar-refractivity contribution in [2.75, 3.05) is 33.7 Å². The van der Waals surface area contributed by atoms with Crippen molar-refractivity contribution in [2.24, 2.45) is 5.14 Å². The van der Waals surface area contributed by atoms with Gasteiger partial charge in [-0.05, 0) is 25.0 Å². The van der Waals surface area contributed by atoms with E-state index in [9.17, 15) is 4.21 Å². The van der Waals surface area contributed by atoms with Crippen LogP contribution in [-0.4, -0.2) is 37.9 Å². The van der Waals surface area contributed by atoms with E-state index in [4.69, 9.17) is 30.5 Å². The summed E-state index contributed by atoms with van der Waals surface area (Å²) >= 11 is 6.16. The normalized spacial score (nSPS) is 14.5. The molecule has 8 heteroatoms. The topological polar surface area (TPSA) is 70.8 Å². The van der Waals surface area contributed by atoms with E-state index in [0.29, 0.717) is 24.0 Å². The lowest BCUT2D eigenvalue weighted by molar-refractivity contribution is -0.0647. The van der Waals surface area contributed by atoms with Crippen molar-refractivity contribution < 1.29 is 18.4 Å². The first-order valence-corrected chi connectivity index (χ1v) is 9.08. The summed E-state index contributed by atoms with van der Waals surface area (Å²) < 4.78 is 27.5. The Morgan fingerprint density at radius 3 is 2.63 bits per heavy atom. The molecule has 110 valence electrons. The average molecular weight is 325 g/mol. The fourth-order valence-corrected chi connectivity index (χ4v) is 3.77. The van der Waals surface area contributed by atoms with Gasteiger partial charge in [-0.15, -0.1) is 11.3 Å². The Hall–Kier alpha value is -0.0900. The summed E-state index contributed by atoms with van der Waals surface area (Å²) in [5.41, 5.74) is 1.07. The quantitative estimate of drug-likeness (QED) is 0.546. The molecule has 2 N–H and O–H groups in total. The third-order valence-corrected chi connectivity index (χ3v) is 5.81. The van der Waals surface area contributed by atoms with Gasteiger partial charge in [0, 0.05) is 23.2 Å². The Bertz CT molecular complexity index is 484. The molecule has 0 saturated heterocycles. The number of hydrogen-bond donors (Lipinski definition) is 1. The van der Waals surface area contributed by atoms with E-state index in [2.05, 4.69) is 0 Å². The highest BCUT2D eigenvalue weighted by molar-refractivity contribution is 8.32. The minimum atomic E-state index is -2.78. The van der Waals surface area contributed by atoms with Crippen molar-refractivity contribution in [1.82, 2.24) is 0 Å². The van der Waals surface area contributed by atoms with E-state index >= 15 is 0 Å². The smallest absolute Gasteiger partial charge is 0.146 e. The highest BCUT2D eigenvalue weighted by Crippen LogP contribution is 2.25. The molecule has 0 radical (unpaired) electrons. The summed E-state index contributed by atoms with van der Waals surface area (Å²) in [5.74, 6) is 0. The first kappa shape index (κ1) is 17.0. The Morgan fingerprint density at radius 2 is 2.05 bits per heavy atom. The molecule has 19 heavy (non-hydrogen) atoms. The van der Waals surface area contributed by atoms with Crippen LogP contribution in [-0.2, 0) is 40.5 Å². The van der Waals surface area contributed by atoms with Gasteiger partial charge in [0.2, 0.25) is 0 Å². The number of thiophene rings is 1. The van der Waals surface area contributed by atoms with Crippen LogP contribution in [0.2, 0.25) is 0 Å². The van der Waals surface area contributed by atoms with E-state index in [-0.39, 0.29) is 6.79 Å². The Morgan fingerprint density at radius 1 is 1.37 bits per heavy atom. The molecule has 5 nitrogen and oxygen atoms in total. The van der Waals surface area contributed by atoms with Crippen LogP contribution in [0.3, 0.4) is 0 Å². The maximum Gasteiger partial charge on any atom is 0.146 e. The molecule has 1 rings (SSSR count). The first-order valence-electron chi connectivity index (χ1n) is 5.71. The van der Waals surface area contributed by atoms with Crippen LogP contribution in [0.15, 0.2) is 10.3 Å². The minimum Gasteiger partial charge on any atom is -0.382 e. The maximum atomic E-state index is 11.6. The summed E-state index contributed by atoms with van der Waals surface area (Å²) in [6.45, 7) is 3.81. The van der Waals surface area contributed by atoms with Crippen LogP contribution in [0.4, 0.5) is 0 Å². The van der Waals surface area contributed by atoms with Crippen molar-refractivity contribution in [3.8, 4) is 0 Å². The largest absolute Gasteiger partial charge is 0.382 e. The van der Waals surface area contributed by atoms with Crippen LogP contribution >= 0.6 is 11.3 Å². The van der Waals surface area contributed by atoms with Crippen LogP contribution in [0.25, 0.3) is 0 Å². The van der Waals surface area contributed by atoms with Crippen molar-refractivity contribution in [3.05, 3.63) is 16.5 Å². The molecule has 1 heterocycles. The molecule has 1 atom stereocenters. The fourth-order valence-electron chi connectivity index (χ4n) is 1.38. The van der Waals surface area contributed by atoms with Gasteiger partial charge < -0.3 is 14.2 Å². The van der Waals surface area contributed by atoms with Crippen LogP contribution in [0, 0.1) is 6.92 Å². The number of aryl methyl sites for hydroxylation is 1. The molecule has 1 aromatic heterocycles. The predicted octanol–water partition coefficient (Wildman–Crippen LogP) is 1.22. The molecular formula is C11H19NO4S3. The lowest BCUT2D eigenvalue weighted by Crippen LogP contribution is -2.09. The van der Waals surface area contributed by atoms with Crippen LogP contribution in [0.5, 0.6) is 0 Å². The minimum absolute atomic E-state index is 0.244. The van der Waals surface area contributed by atoms with E-state index in [0.717, 1.165) is 16.9 Å². The van der Waals surface area contributed by atoms with Gasteiger partial charge in [-0.3, -0.25) is 0 Å². The SMILES string of the molecule is COCCOCOCCc1cc(S(N)(=O)=S)sc1C. The zero-order chi connectivity index (χ0) is 14.3. The van der Waals surface area contributed by atoms with E-state index in [1.807, 2.05) is 13.0 Å². The average Bonchev–Trinajstić information content (AvgIpc) is 2.70. The van der Waals surface area contributed by atoms with E-state index < -0.39 is 8.68 Å². The van der Waals surface area contributed by atoms with Gasteiger partial charge in [-0.1, -0.05) is 0 Å². The molecule has 0 saturated carbocycles. The fraction of sp³-hybridized carbons (Fsp3) is 0.636. The maximum absolute atomic E-state index is 11.6. The van der Waals surface area contributed by atoms with Crippen molar-refractivity contribution >= 4 is 31.2 Å². The van der Waals surface area contributed by atoms with Gasteiger partial charge in [0.15, 0.2) is 0 Å². The molecular weight excluding hydrogens is 306 g/mol. The van der Waals surface area contributed by atoms with E-state index in [1.165, 1.54) is 11.3 Å². The summed E-state index contributed by atoms with van der Waals surface area (Å²) in [5, 5.41) is 5.45. The monoisotopic (exact) mass is 325 g/mol. The second kappa shape index (κ2) is 8.25. The van der Waals surface area contributed by atoms with Gasteiger partial charge >= 0.3 is 0 Å². The molecule has 0 fully saturated rings. The van der Waals surface area contributed by atoms with Gasteiger partial charge in [-0.2, -0.15) is 0 Å². The Balaban J connectivity index is 2.32. The second-order valence-corrected chi connectivity index (χ2v) is 8.40. The molecule has 1 unspecified atom stereocenters. The van der Waals surface area contributed by atoms with Gasteiger partial charge in [0.25, 0.3) is 0 Å². The molecule has 0 aliphatic rings. The lowest BCUT2D eigenvalue weighted by Gasteiger charge is -2.05. The third-order valence-electron chi connectivity index (χ3n) is 2.39. The third kappa shape index (κ3) is 6.26. The summed E-state index contributed by atoms with van der Waals surface area (Å²) in [7, 11) is -1.16. The molecule has 1 aromatic rings. The molecule has 0 amide bonds. The van der Waals surface area contributed by atoms with Crippen molar-refractivity contribution in [3.63, 3.8) is 0 Å².